The third-order valence-electron chi connectivity index (χ3n) is 4.22. The van der Waals surface area contributed by atoms with E-state index in [1.165, 1.54) is 18.5 Å². The minimum Gasteiger partial charge on any atom is -0.461 e. The van der Waals surface area contributed by atoms with Gasteiger partial charge in [0.25, 0.3) is 0 Å². The largest absolute Gasteiger partial charge is 0.461 e. The molecule has 0 saturated heterocycles. The Morgan fingerprint density at radius 1 is 1.42 bits per heavy atom. The lowest BCUT2D eigenvalue weighted by molar-refractivity contribution is -0.123. The molecule has 1 atom stereocenters. The summed E-state index contributed by atoms with van der Waals surface area (Å²) in [4.78, 5) is 28.7. The van der Waals surface area contributed by atoms with E-state index >= 15 is 0 Å². The molecule has 1 aliphatic rings. The molecule has 3 rings (SSSR count). The molecule has 6 heteroatoms. The average Bonchev–Trinajstić information content (AvgIpc) is 3.00. The van der Waals surface area contributed by atoms with Crippen LogP contribution in [-0.4, -0.2) is 27.9 Å². The number of rotatable bonds is 4. The summed E-state index contributed by atoms with van der Waals surface area (Å²) < 4.78 is 20.4. The van der Waals surface area contributed by atoms with Crippen molar-refractivity contribution in [2.24, 2.45) is 0 Å². The van der Waals surface area contributed by atoms with Gasteiger partial charge in [-0.2, -0.15) is 0 Å². The number of ether oxygens (including phenoxy) is 1. The molecule has 1 aliphatic carbocycles. The number of ketones is 1. The van der Waals surface area contributed by atoms with Crippen molar-refractivity contribution < 1.29 is 18.7 Å². The number of hydrogen-bond donors (Lipinski definition) is 0. The van der Waals surface area contributed by atoms with Crippen LogP contribution in [0.2, 0.25) is 0 Å². The number of hydrogen-bond acceptors (Lipinski definition) is 4. The summed E-state index contributed by atoms with van der Waals surface area (Å²) in [7, 11) is 0. The zero-order chi connectivity index (χ0) is 17.1. The lowest BCUT2D eigenvalue weighted by Gasteiger charge is -2.24. The van der Waals surface area contributed by atoms with Gasteiger partial charge in [0, 0.05) is 12.0 Å². The van der Waals surface area contributed by atoms with Gasteiger partial charge in [0.05, 0.1) is 24.7 Å². The molecule has 0 radical (unpaired) electrons. The molecule has 0 amide bonds. The minimum absolute atomic E-state index is 0.112. The smallest absolute Gasteiger partial charge is 0.359 e. The van der Waals surface area contributed by atoms with Gasteiger partial charge in [0.1, 0.15) is 5.82 Å². The average molecular weight is 330 g/mol. The Morgan fingerprint density at radius 3 is 2.96 bits per heavy atom. The molecule has 1 unspecified atom stereocenters. The molecule has 126 valence electrons. The van der Waals surface area contributed by atoms with Gasteiger partial charge in [-0.25, -0.2) is 14.2 Å². The Morgan fingerprint density at radius 2 is 2.25 bits per heavy atom. The number of esters is 1. The molecule has 0 aliphatic heterocycles. The Hall–Kier alpha value is -2.50. The quantitative estimate of drug-likeness (QED) is 0.804. The fourth-order valence-electron chi connectivity index (χ4n) is 3.13. The first-order valence-electron chi connectivity index (χ1n) is 8.14. The zero-order valence-electron chi connectivity index (χ0n) is 13.5. The summed E-state index contributed by atoms with van der Waals surface area (Å²) in [5.41, 5.74) is 1.06. The lowest BCUT2D eigenvalue weighted by Crippen LogP contribution is -2.23. The summed E-state index contributed by atoms with van der Waals surface area (Å²) in [5.74, 6) is -0.865. The number of benzene rings is 1. The molecule has 1 heterocycles. The van der Waals surface area contributed by atoms with Crippen LogP contribution in [0.1, 0.15) is 49.1 Å². The molecule has 0 bridgehead atoms. The Labute approximate surface area is 139 Å². The first-order valence-corrected chi connectivity index (χ1v) is 8.14. The number of halogens is 1. The van der Waals surface area contributed by atoms with Crippen molar-refractivity contribution in [2.45, 2.75) is 38.6 Å². The number of imidazole rings is 1. The molecule has 1 saturated carbocycles. The van der Waals surface area contributed by atoms with Crippen molar-refractivity contribution in [2.75, 3.05) is 6.61 Å². The van der Waals surface area contributed by atoms with Gasteiger partial charge < -0.3 is 9.30 Å². The van der Waals surface area contributed by atoms with E-state index in [2.05, 4.69) is 4.98 Å². The second-order valence-corrected chi connectivity index (χ2v) is 5.81. The van der Waals surface area contributed by atoms with Gasteiger partial charge in [0.2, 0.25) is 0 Å². The molecule has 1 aromatic carbocycles. The van der Waals surface area contributed by atoms with Crippen molar-refractivity contribution >= 4 is 11.8 Å². The van der Waals surface area contributed by atoms with Crippen LogP contribution in [0.4, 0.5) is 4.39 Å². The molecule has 0 N–H and O–H groups in total. The third-order valence-corrected chi connectivity index (χ3v) is 4.22. The van der Waals surface area contributed by atoms with E-state index in [4.69, 9.17) is 4.74 Å². The predicted octanol–water partition coefficient (Wildman–Crippen LogP) is 3.55. The van der Waals surface area contributed by atoms with Crippen molar-refractivity contribution in [3.8, 4) is 11.3 Å². The van der Waals surface area contributed by atoms with E-state index in [9.17, 15) is 14.0 Å². The van der Waals surface area contributed by atoms with Gasteiger partial charge in [-0.1, -0.05) is 18.6 Å². The van der Waals surface area contributed by atoms with Crippen molar-refractivity contribution in [3.63, 3.8) is 0 Å². The van der Waals surface area contributed by atoms with Crippen LogP contribution in [0.15, 0.2) is 30.6 Å². The van der Waals surface area contributed by atoms with Crippen molar-refractivity contribution in [3.05, 3.63) is 42.1 Å². The second-order valence-electron chi connectivity index (χ2n) is 5.81. The van der Waals surface area contributed by atoms with Gasteiger partial charge in [-0.15, -0.1) is 0 Å². The van der Waals surface area contributed by atoms with Gasteiger partial charge in [-0.3, -0.25) is 4.79 Å². The van der Waals surface area contributed by atoms with Crippen molar-refractivity contribution in [1.82, 2.24) is 9.55 Å². The van der Waals surface area contributed by atoms with Crippen molar-refractivity contribution in [1.29, 1.82) is 0 Å². The monoisotopic (exact) mass is 330 g/mol. The zero-order valence-corrected chi connectivity index (χ0v) is 13.5. The minimum atomic E-state index is -0.571. The predicted molar refractivity (Wildman–Crippen MR) is 86.1 cm³/mol. The maximum absolute atomic E-state index is 13.7. The van der Waals surface area contributed by atoms with Crippen LogP contribution in [0.5, 0.6) is 0 Å². The summed E-state index contributed by atoms with van der Waals surface area (Å²) >= 11 is 0. The molecule has 24 heavy (non-hydrogen) atoms. The van der Waals surface area contributed by atoms with Crippen LogP contribution >= 0.6 is 0 Å². The van der Waals surface area contributed by atoms with Crippen LogP contribution in [0.25, 0.3) is 11.3 Å². The SMILES string of the molecule is CCOC(=O)c1ncn(C2CCCCC2=O)c1-c1cccc(F)c1. The van der Waals surface area contributed by atoms with E-state index in [-0.39, 0.29) is 24.1 Å². The number of carbonyl (C=O) groups excluding carboxylic acids is 2. The van der Waals surface area contributed by atoms with E-state index in [0.717, 1.165) is 12.8 Å². The summed E-state index contributed by atoms with van der Waals surface area (Å²) in [6, 6.07) is 5.57. The molecular weight excluding hydrogens is 311 g/mol. The van der Waals surface area contributed by atoms with Crippen LogP contribution in [0.3, 0.4) is 0 Å². The lowest BCUT2D eigenvalue weighted by atomic mass is 9.93. The summed E-state index contributed by atoms with van der Waals surface area (Å²) in [6.45, 7) is 1.93. The Balaban J connectivity index is 2.12. The number of Topliss-reactive ketones (excluding diaryl/α,β-unsaturated/α-hetero) is 1. The number of aromatic nitrogens is 2. The van der Waals surface area contributed by atoms with Crippen LogP contribution in [-0.2, 0) is 9.53 Å². The normalized spacial score (nSPS) is 17.8. The van der Waals surface area contributed by atoms with Gasteiger partial charge in [-0.05, 0) is 31.9 Å². The highest BCUT2D eigenvalue weighted by Crippen LogP contribution is 2.32. The third kappa shape index (κ3) is 3.09. The molecule has 1 fully saturated rings. The van der Waals surface area contributed by atoms with Crippen LogP contribution in [0, 0.1) is 5.82 Å². The number of carbonyl (C=O) groups is 2. The summed E-state index contributed by atoms with van der Waals surface area (Å²) in [5, 5.41) is 0. The van der Waals surface area contributed by atoms with E-state index < -0.39 is 11.8 Å². The van der Waals surface area contributed by atoms with E-state index in [1.807, 2.05) is 0 Å². The topological polar surface area (TPSA) is 61.2 Å². The molecule has 0 spiro atoms. The van der Waals surface area contributed by atoms with Gasteiger partial charge >= 0.3 is 5.97 Å². The van der Waals surface area contributed by atoms with Gasteiger partial charge in [0.15, 0.2) is 11.5 Å². The number of nitrogens with zero attached hydrogens (tertiary/aromatic N) is 2. The first kappa shape index (κ1) is 16.4. The fourth-order valence-corrected chi connectivity index (χ4v) is 3.13. The first-order chi connectivity index (χ1) is 11.6. The maximum atomic E-state index is 13.7. The maximum Gasteiger partial charge on any atom is 0.359 e. The highest BCUT2D eigenvalue weighted by molar-refractivity contribution is 5.95. The van der Waals surface area contributed by atoms with E-state index in [1.54, 1.807) is 23.6 Å². The fraction of sp³-hybridized carbons (Fsp3) is 0.389. The summed E-state index contributed by atoms with van der Waals surface area (Å²) in [6.07, 6.45) is 4.51. The highest BCUT2D eigenvalue weighted by Gasteiger charge is 2.29. The molecule has 1 aromatic heterocycles. The molecule has 5 nitrogen and oxygen atoms in total. The molecular formula is C18H19FN2O3. The standard InChI is InChI=1S/C18H19FN2O3/c1-2-24-18(23)16-17(12-6-5-7-13(19)10-12)21(11-20-16)14-8-3-4-9-15(14)22/h5-7,10-11,14H,2-4,8-9H2,1H3. The Bertz CT molecular complexity index is 769. The molecule has 2 aromatic rings. The van der Waals surface area contributed by atoms with E-state index in [0.29, 0.717) is 24.1 Å². The van der Waals surface area contributed by atoms with Crippen LogP contribution < -0.4 is 0 Å². The second kappa shape index (κ2) is 6.95. The highest BCUT2D eigenvalue weighted by atomic mass is 19.1. The Kier molecular flexibility index (Phi) is 4.74.